The third kappa shape index (κ3) is 2.87. The molecule has 0 aliphatic carbocycles. The number of carbonyl (C=O) groups excluding carboxylic acids is 1. The van der Waals surface area contributed by atoms with Crippen LogP contribution >= 0.6 is 0 Å². The average molecular weight is 352 g/mol. The number of carbonyl (C=O) groups is 2. The molecule has 0 radical (unpaired) electrons. The maximum atomic E-state index is 12.4. The number of hydrogen-bond acceptors (Lipinski definition) is 4. The zero-order valence-corrected chi connectivity index (χ0v) is 14.6. The Labute approximate surface area is 151 Å². The molecule has 1 N–H and O–H groups in total. The lowest BCUT2D eigenvalue weighted by Crippen LogP contribution is -2.38. The minimum atomic E-state index is -1.03. The van der Waals surface area contributed by atoms with E-state index in [-0.39, 0.29) is 18.1 Å². The number of aromatic carboxylic acids is 1. The highest BCUT2D eigenvalue weighted by molar-refractivity contribution is 5.99. The number of anilines is 2. The summed E-state index contributed by atoms with van der Waals surface area (Å²) in [7, 11) is 2.09. The molecule has 2 heterocycles. The van der Waals surface area contributed by atoms with Crippen molar-refractivity contribution in [3.05, 3.63) is 53.1 Å². The van der Waals surface area contributed by atoms with Crippen molar-refractivity contribution in [1.29, 1.82) is 0 Å². The van der Waals surface area contributed by atoms with Crippen LogP contribution in [0, 0.1) is 0 Å². The second kappa shape index (κ2) is 6.37. The van der Waals surface area contributed by atoms with E-state index in [0.717, 1.165) is 24.9 Å². The van der Waals surface area contributed by atoms with Crippen molar-refractivity contribution < 1.29 is 19.4 Å². The summed E-state index contributed by atoms with van der Waals surface area (Å²) >= 11 is 0. The van der Waals surface area contributed by atoms with E-state index in [1.54, 1.807) is 11.0 Å². The van der Waals surface area contributed by atoms with Gasteiger partial charge in [-0.3, -0.25) is 4.79 Å². The van der Waals surface area contributed by atoms with Gasteiger partial charge >= 0.3 is 5.97 Å². The number of benzene rings is 2. The van der Waals surface area contributed by atoms with Crippen LogP contribution in [-0.2, 0) is 17.8 Å². The summed E-state index contributed by atoms with van der Waals surface area (Å²) in [6, 6.07) is 10.9. The van der Waals surface area contributed by atoms with Crippen LogP contribution in [0.3, 0.4) is 0 Å². The topological polar surface area (TPSA) is 70.1 Å². The van der Waals surface area contributed by atoms with Crippen molar-refractivity contribution in [2.45, 2.75) is 19.4 Å². The van der Waals surface area contributed by atoms with Gasteiger partial charge in [0.1, 0.15) is 5.75 Å². The second-order valence-electron chi connectivity index (χ2n) is 6.74. The minimum Gasteiger partial charge on any atom is -0.482 e. The van der Waals surface area contributed by atoms with Crippen molar-refractivity contribution >= 4 is 23.3 Å². The van der Waals surface area contributed by atoms with Crippen LogP contribution in [-0.4, -0.2) is 37.2 Å². The first-order valence-electron chi connectivity index (χ1n) is 8.66. The third-order valence-corrected chi connectivity index (χ3v) is 4.98. The van der Waals surface area contributed by atoms with Crippen molar-refractivity contribution in [3.8, 4) is 5.75 Å². The lowest BCUT2D eigenvalue weighted by molar-refractivity contribution is -0.121. The zero-order valence-electron chi connectivity index (χ0n) is 14.6. The molecule has 2 aliphatic rings. The Kier molecular flexibility index (Phi) is 4.03. The number of hydrogen-bond donors (Lipinski definition) is 1. The lowest BCUT2D eigenvalue weighted by atomic mass is 9.99. The Bertz CT molecular complexity index is 893. The lowest BCUT2D eigenvalue weighted by Gasteiger charge is -2.31. The highest BCUT2D eigenvalue weighted by Gasteiger charge is 2.27. The predicted octanol–water partition coefficient (Wildman–Crippen LogP) is 2.69. The first kappa shape index (κ1) is 16.4. The van der Waals surface area contributed by atoms with Crippen molar-refractivity contribution in [2.24, 2.45) is 0 Å². The van der Waals surface area contributed by atoms with Gasteiger partial charge in [0.15, 0.2) is 6.61 Å². The highest BCUT2D eigenvalue weighted by atomic mass is 16.5. The number of amides is 1. The first-order valence-corrected chi connectivity index (χ1v) is 8.66. The average Bonchev–Trinajstić information content (AvgIpc) is 2.64. The van der Waals surface area contributed by atoms with Crippen molar-refractivity contribution in [2.75, 3.05) is 30.0 Å². The molecular formula is C20H20N2O4. The van der Waals surface area contributed by atoms with Gasteiger partial charge < -0.3 is 19.6 Å². The Morgan fingerprint density at radius 3 is 2.85 bits per heavy atom. The second-order valence-corrected chi connectivity index (χ2v) is 6.74. The molecule has 2 aromatic rings. The molecule has 134 valence electrons. The molecule has 0 bridgehead atoms. The van der Waals surface area contributed by atoms with E-state index < -0.39 is 5.97 Å². The molecule has 2 aromatic carbocycles. The van der Waals surface area contributed by atoms with Gasteiger partial charge in [-0.05, 0) is 48.2 Å². The molecule has 0 saturated carbocycles. The molecule has 0 fully saturated rings. The Morgan fingerprint density at radius 2 is 2.04 bits per heavy atom. The maximum Gasteiger partial charge on any atom is 0.335 e. The SMILES string of the molecule is CN1CCCc2cc(CN3C(=O)COc4ccc(C(=O)O)cc43)ccc21. The Hall–Kier alpha value is -3.02. The van der Waals surface area contributed by atoms with Gasteiger partial charge in [0.25, 0.3) is 5.91 Å². The molecule has 0 aromatic heterocycles. The standard InChI is InChI=1S/C20H20N2O4/c1-21-8-2-3-14-9-13(4-6-16(14)21)11-22-17-10-15(20(24)25)5-7-18(17)26-12-19(22)23/h4-7,9-10H,2-3,8,11-12H2,1H3,(H,24,25). The molecule has 4 rings (SSSR count). The smallest absolute Gasteiger partial charge is 0.335 e. The molecule has 6 nitrogen and oxygen atoms in total. The number of nitrogens with zero attached hydrogens (tertiary/aromatic N) is 2. The number of fused-ring (bicyclic) bond motifs is 2. The summed E-state index contributed by atoms with van der Waals surface area (Å²) in [6.07, 6.45) is 2.15. The summed E-state index contributed by atoms with van der Waals surface area (Å²) in [6.45, 7) is 1.42. The van der Waals surface area contributed by atoms with E-state index >= 15 is 0 Å². The molecule has 2 aliphatic heterocycles. The molecule has 6 heteroatoms. The highest BCUT2D eigenvalue weighted by Crippen LogP contribution is 2.35. The Balaban J connectivity index is 1.67. The summed E-state index contributed by atoms with van der Waals surface area (Å²) in [5.41, 5.74) is 4.20. The first-order chi connectivity index (χ1) is 12.5. The number of ether oxygens (including phenoxy) is 1. The van der Waals surface area contributed by atoms with Crippen LogP contribution in [0.25, 0.3) is 0 Å². The fraction of sp³-hybridized carbons (Fsp3) is 0.300. The summed E-state index contributed by atoms with van der Waals surface area (Å²) in [5, 5.41) is 9.24. The van der Waals surface area contributed by atoms with E-state index in [1.807, 2.05) is 6.07 Å². The van der Waals surface area contributed by atoms with E-state index in [9.17, 15) is 14.7 Å². The van der Waals surface area contributed by atoms with Gasteiger partial charge in [-0.1, -0.05) is 12.1 Å². The van der Waals surface area contributed by atoms with Crippen LogP contribution in [0.15, 0.2) is 36.4 Å². The fourth-order valence-electron chi connectivity index (χ4n) is 3.63. The molecule has 0 unspecified atom stereocenters. The quantitative estimate of drug-likeness (QED) is 0.920. The van der Waals surface area contributed by atoms with Crippen LogP contribution in [0.4, 0.5) is 11.4 Å². The largest absolute Gasteiger partial charge is 0.482 e. The molecule has 0 spiro atoms. The molecule has 0 atom stereocenters. The van der Waals surface area contributed by atoms with Gasteiger partial charge in [-0.15, -0.1) is 0 Å². The monoisotopic (exact) mass is 352 g/mol. The van der Waals surface area contributed by atoms with E-state index in [1.165, 1.54) is 23.4 Å². The normalized spacial score (nSPS) is 16.0. The molecule has 0 saturated heterocycles. The third-order valence-electron chi connectivity index (χ3n) is 4.98. The van der Waals surface area contributed by atoms with Crippen LogP contribution in [0.2, 0.25) is 0 Å². The van der Waals surface area contributed by atoms with E-state index in [0.29, 0.717) is 18.0 Å². The van der Waals surface area contributed by atoms with Gasteiger partial charge in [-0.2, -0.15) is 0 Å². The van der Waals surface area contributed by atoms with Crippen molar-refractivity contribution in [1.82, 2.24) is 0 Å². The van der Waals surface area contributed by atoms with Gasteiger partial charge in [0, 0.05) is 19.3 Å². The maximum absolute atomic E-state index is 12.4. The molecule has 1 amide bonds. The zero-order chi connectivity index (χ0) is 18.3. The number of carboxylic acid groups (broad SMARTS) is 1. The van der Waals surface area contributed by atoms with Gasteiger partial charge in [0.05, 0.1) is 17.8 Å². The van der Waals surface area contributed by atoms with Crippen LogP contribution < -0.4 is 14.5 Å². The minimum absolute atomic E-state index is 0.0346. The van der Waals surface area contributed by atoms with Gasteiger partial charge in [-0.25, -0.2) is 4.79 Å². The fourth-order valence-corrected chi connectivity index (χ4v) is 3.63. The number of aryl methyl sites for hydroxylation is 1. The number of carboxylic acids is 1. The molecular weight excluding hydrogens is 332 g/mol. The summed E-state index contributed by atoms with van der Waals surface area (Å²) < 4.78 is 5.45. The summed E-state index contributed by atoms with van der Waals surface area (Å²) in [5.74, 6) is -0.662. The van der Waals surface area contributed by atoms with Crippen LogP contribution in [0.5, 0.6) is 5.75 Å². The van der Waals surface area contributed by atoms with Gasteiger partial charge in [0.2, 0.25) is 0 Å². The Morgan fingerprint density at radius 1 is 1.19 bits per heavy atom. The summed E-state index contributed by atoms with van der Waals surface area (Å²) in [4.78, 5) is 27.6. The van der Waals surface area contributed by atoms with Crippen LogP contribution in [0.1, 0.15) is 27.9 Å². The van der Waals surface area contributed by atoms with E-state index in [4.69, 9.17) is 4.74 Å². The molecule has 26 heavy (non-hydrogen) atoms. The number of rotatable bonds is 3. The predicted molar refractivity (Wildman–Crippen MR) is 98.1 cm³/mol. The van der Waals surface area contributed by atoms with Crippen molar-refractivity contribution in [3.63, 3.8) is 0 Å². The van der Waals surface area contributed by atoms with E-state index in [2.05, 4.69) is 24.1 Å².